The SMILES string of the molecule is CC[CH]SC/C=C(\C)C(F)(F)C(F)(F)C(F)(F)F. The van der Waals surface area contributed by atoms with E-state index in [9.17, 15) is 30.7 Å². The molecule has 0 amide bonds. The largest absolute Gasteiger partial charge is 0.460 e. The summed E-state index contributed by atoms with van der Waals surface area (Å²) in [4.78, 5) is 0. The molecule has 8 heteroatoms. The zero-order valence-corrected chi connectivity index (χ0v) is 10.4. The smallest absolute Gasteiger partial charge is 0.194 e. The lowest BCUT2D eigenvalue weighted by atomic mass is 10.0. The molecule has 18 heavy (non-hydrogen) atoms. The van der Waals surface area contributed by atoms with Crippen LogP contribution in [0.15, 0.2) is 11.6 Å². The first kappa shape index (κ1) is 17.6. The van der Waals surface area contributed by atoms with Gasteiger partial charge in [-0.2, -0.15) is 42.5 Å². The van der Waals surface area contributed by atoms with Crippen LogP contribution in [-0.2, 0) is 0 Å². The first-order valence-corrected chi connectivity index (χ1v) is 5.96. The van der Waals surface area contributed by atoms with Crippen LogP contribution >= 0.6 is 11.8 Å². The second kappa shape index (κ2) is 6.16. The maximum Gasteiger partial charge on any atom is 0.460 e. The maximum atomic E-state index is 13.0. The normalized spacial score (nSPS) is 15.1. The Bertz CT molecular complexity index is 293. The van der Waals surface area contributed by atoms with Gasteiger partial charge in [-0.05, 0) is 18.9 Å². The monoisotopic (exact) mass is 297 g/mol. The minimum atomic E-state index is -6.28. The molecule has 0 bridgehead atoms. The number of hydrogen-bond donors (Lipinski definition) is 0. The third-order valence-electron chi connectivity index (χ3n) is 2.02. The molecule has 0 nitrogen and oxygen atoms in total. The lowest BCUT2D eigenvalue weighted by Crippen LogP contribution is -2.52. The molecule has 0 aliphatic carbocycles. The molecule has 0 saturated heterocycles. The molecule has 0 fully saturated rings. The van der Waals surface area contributed by atoms with Crippen LogP contribution in [0.3, 0.4) is 0 Å². The number of thioether (sulfide) groups is 1. The molecule has 0 heterocycles. The van der Waals surface area contributed by atoms with Gasteiger partial charge in [0.15, 0.2) is 0 Å². The van der Waals surface area contributed by atoms with Crippen LogP contribution in [0.4, 0.5) is 30.7 Å². The van der Waals surface area contributed by atoms with E-state index in [2.05, 4.69) is 0 Å². The van der Waals surface area contributed by atoms with Crippen molar-refractivity contribution in [2.45, 2.75) is 38.3 Å². The van der Waals surface area contributed by atoms with E-state index in [1.807, 2.05) is 0 Å². The Hall–Kier alpha value is -0.400. The second-order valence-electron chi connectivity index (χ2n) is 3.44. The minimum Gasteiger partial charge on any atom is -0.194 e. The predicted molar refractivity (Wildman–Crippen MR) is 56.8 cm³/mol. The number of hydrogen-bond acceptors (Lipinski definition) is 1. The molecular formula is C10H12F7S. The molecule has 107 valence electrons. The maximum absolute atomic E-state index is 13.0. The Labute approximate surface area is 105 Å². The first-order chi connectivity index (χ1) is 7.98. The van der Waals surface area contributed by atoms with Gasteiger partial charge in [-0.15, -0.1) is 0 Å². The van der Waals surface area contributed by atoms with Crippen molar-refractivity contribution in [1.82, 2.24) is 0 Å². The molecule has 0 aromatic carbocycles. The van der Waals surface area contributed by atoms with E-state index in [0.29, 0.717) is 19.4 Å². The Morgan fingerprint density at radius 1 is 1.06 bits per heavy atom. The van der Waals surface area contributed by atoms with Gasteiger partial charge in [-0.25, -0.2) is 0 Å². The third-order valence-corrected chi connectivity index (χ3v) is 2.94. The highest BCUT2D eigenvalue weighted by Crippen LogP contribution is 2.49. The summed E-state index contributed by atoms with van der Waals surface area (Å²) < 4.78 is 86.9. The summed E-state index contributed by atoms with van der Waals surface area (Å²) in [6.45, 7) is 2.34. The number of rotatable bonds is 6. The molecule has 0 aliphatic heterocycles. The summed E-state index contributed by atoms with van der Waals surface area (Å²) in [5.74, 6) is -9.76. The fourth-order valence-corrected chi connectivity index (χ4v) is 1.63. The third kappa shape index (κ3) is 3.80. The van der Waals surface area contributed by atoms with Crippen LogP contribution in [0, 0.1) is 5.75 Å². The van der Waals surface area contributed by atoms with Crippen molar-refractivity contribution >= 4 is 11.8 Å². The molecule has 0 aromatic heterocycles. The van der Waals surface area contributed by atoms with Crippen LogP contribution in [-0.4, -0.2) is 23.8 Å². The van der Waals surface area contributed by atoms with E-state index >= 15 is 0 Å². The van der Waals surface area contributed by atoms with Gasteiger partial charge in [0.25, 0.3) is 0 Å². The average Bonchev–Trinajstić information content (AvgIpc) is 2.22. The van der Waals surface area contributed by atoms with Gasteiger partial charge in [0.1, 0.15) is 0 Å². The van der Waals surface area contributed by atoms with Crippen molar-refractivity contribution in [1.29, 1.82) is 0 Å². The van der Waals surface area contributed by atoms with Crippen LogP contribution in [0.25, 0.3) is 0 Å². The van der Waals surface area contributed by atoms with E-state index in [-0.39, 0.29) is 5.75 Å². The van der Waals surface area contributed by atoms with E-state index in [1.165, 1.54) is 0 Å². The molecule has 1 radical (unpaired) electrons. The molecule has 0 aromatic rings. The van der Waals surface area contributed by atoms with Crippen LogP contribution < -0.4 is 0 Å². The minimum absolute atomic E-state index is 0.0802. The number of alkyl halides is 7. The molecule has 0 spiro atoms. The molecule has 0 rings (SSSR count). The first-order valence-electron chi connectivity index (χ1n) is 4.91. The summed E-state index contributed by atoms with van der Waals surface area (Å²) in [6.07, 6.45) is -4.97. The van der Waals surface area contributed by atoms with E-state index in [4.69, 9.17) is 0 Å². The number of allylic oxidation sites excluding steroid dienone is 1. The Morgan fingerprint density at radius 3 is 1.94 bits per heavy atom. The van der Waals surface area contributed by atoms with Crippen LogP contribution in [0.2, 0.25) is 0 Å². The molecular weight excluding hydrogens is 285 g/mol. The van der Waals surface area contributed by atoms with Gasteiger partial charge in [0.2, 0.25) is 0 Å². The summed E-state index contributed by atoms with van der Waals surface area (Å²) in [5.41, 5.74) is -1.29. The molecule has 0 atom stereocenters. The second-order valence-corrected chi connectivity index (χ2v) is 4.44. The summed E-state index contributed by atoms with van der Waals surface area (Å²) in [5, 5.41) is 0. The van der Waals surface area contributed by atoms with E-state index < -0.39 is 23.6 Å². The Morgan fingerprint density at radius 2 is 1.56 bits per heavy atom. The fourth-order valence-electron chi connectivity index (χ4n) is 0.913. The van der Waals surface area contributed by atoms with Crippen LogP contribution in [0.1, 0.15) is 20.3 Å². The van der Waals surface area contributed by atoms with E-state index in [0.717, 1.165) is 11.8 Å². The van der Waals surface area contributed by atoms with E-state index in [1.54, 1.807) is 12.7 Å². The quantitative estimate of drug-likeness (QED) is 0.375. The van der Waals surface area contributed by atoms with Gasteiger partial charge in [-0.3, -0.25) is 0 Å². The average molecular weight is 297 g/mol. The molecule has 0 unspecified atom stereocenters. The van der Waals surface area contributed by atoms with Gasteiger partial charge >= 0.3 is 18.0 Å². The number of halogens is 7. The van der Waals surface area contributed by atoms with Crippen molar-refractivity contribution in [2.75, 3.05) is 5.75 Å². The zero-order chi connectivity index (χ0) is 14.6. The molecule has 0 aliphatic rings. The molecule has 0 N–H and O–H groups in total. The Kier molecular flexibility index (Phi) is 6.03. The van der Waals surface area contributed by atoms with Crippen molar-refractivity contribution < 1.29 is 30.7 Å². The highest BCUT2D eigenvalue weighted by Gasteiger charge is 2.73. The standard InChI is InChI=1S/C10H12F7S/c1-3-5-18-6-4-7(2)8(11,12)9(13,14)10(15,16)17/h4-5H,3,6H2,1-2H3/b7-4+. The van der Waals surface area contributed by atoms with Gasteiger partial charge < -0.3 is 0 Å². The lowest BCUT2D eigenvalue weighted by Gasteiger charge is -2.28. The van der Waals surface area contributed by atoms with Crippen molar-refractivity contribution in [2.24, 2.45) is 0 Å². The summed E-state index contributed by atoms with van der Waals surface area (Å²) >= 11 is 1.05. The molecule has 0 saturated carbocycles. The fraction of sp³-hybridized carbons (Fsp3) is 0.700. The van der Waals surface area contributed by atoms with Gasteiger partial charge in [-0.1, -0.05) is 13.0 Å². The topological polar surface area (TPSA) is 0 Å². The zero-order valence-electron chi connectivity index (χ0n) is 9.62. The van der Waals surface area contributed by atoms with Crippen molar-refractivity contribution in [3.05, 3.63) is 17.4 Å². The highest BCUT2D eigenvalue weighted by molar-refractivity contribution is 8.01. The predicted octanol–water partition coefficient (Wildman–Crippen LogP) is 5.07. The Balaban J connectivity index is 4.91. The van der Waals surface area contributed by atoms with Gasteiger partial charge in [0, 0.05) is 11.5 Å². The van der Waals surface area contributed by atoms with Crippen LogP contribution in [0.5, 0.6) is 0 Å². The highest BCUT2D eigenvalue weighted by atomic mass is 32.2. The lowest BCUT2D eigenvalue weighted by molar-refractivity contribution is -0.344. The summed E-state index contributed by atoms with van der Waals surface area (Å²) in [7, 11) is 0. The van der Waals surface area contributed by atoms with Crippen molar-refractivity contribution in [3.63, 3.8) is 0 Å². The van der Waals surface area contributed by atoms with Crippen molar-refractivity contribution in [3.8, 4) is 0 Å². The van der Waals surface area contributed by atoms with Gasteiger partial charge in [0.05, 0.1) is 0 Å². The summed E-state index contributed by atoms with van der Waals surface area (Å²) in [6, 6.07) is 0.